The minimum atomic E-state index is -3.96. The first-order valence-corrected chi connectivity index (χ1v) is 21.1. The van der Waals surface area contributed by atoms with Gasteiger partial charge in [-0.15, -0.1) is 0 Å². The third-order valence-corrected chi connectivity index (χ3v) is 11.2. The van der Waals surface area contributed by atoms with Crippen LogP contribution in [0.25, 0.3) is 0 Å². The Bertz CT molecular complexity index is 1870. The van der Waals surface area contributed by atoms with Crippen LogP contribution in [-0.4, -0.2) is 66.4 Å². The molecule has 0 fully saturated rings. The van der Waals surface area contributed by atoms with E-state index in [0.717, 1.165) is 11.6 Å². The van der Waals surface area contributed by atoms with Crippen LogP contribution in [0.5, 0.6) is 0 Å². The minimum Gasteiger partial charge on any atom is -0.461 e. The lowest BCUT2D eigenvalue weighted by Crippen LogP contribution is -2.44. The second-order valence-corrected chi connectivity index (χ2v) is 19.8. The van der Waals surface area contributed by atoms with Crippen molar-refractivity contribution in [3.8, 4) is 0 Å². The summed E-state index contributed by atoms with van der Waals surface area (Å²) in [6, 6.07) is 14.6. The van der Waals surface area contributed by atoms with Gasteiger partial charge in [0.15, 0.2) is 15.6 Å². The fourth-order valence-electron chi connectivity index (χ4n) is 5.54. The molecular weight excluding hydrogens is 788 g/mol. The lowest BCUT2D eigenvalue weighted by molar-refractivity contribution is -0.159. The van der Waals surface area contributed by atoms with Gasteiger partial charge in [-0.1, -0.05) is 86.1 Å². The van der Waals surface area contributed by atoms with Gasteiger partial charge in [-0.2, -0.15) is 0 Å². The number of halogens is 1. The van der Waals surface area contributed by atoms with E-state index in [1.807, 2.05) is 6.07 Å². The van der Waals surface area contributed by atoms with Crippen LogP contribution >= 0.6 is 11.6 Å². The van der Waals surface area contributed by atoms with E-state index < -0.39 is 122 Å². The molecule has 2 rings (SSSR count). The largest absolute Gasteiger partial charge is 0.461 e. The van der Waals surface area contributed by atoms with E-state index in [0.29, 0.717) is 5.56 Å². The summed E-state index contributed by atoms with van der Waals surface area (Å²) in [5.41, 5.74) is -0.654. The second kappa shape index (κ2) is 22.0. The number of carbonyl (C=O) groups excluding carboxylic acids is 6. The molecule has 0 heterocycles. The van der Waals surface area contributed by atoms with Crippen molar-refractivity contribution in [3.63, 3.8) is 0 Å². The molecule has 0 radical (unpaired) electrons. The maximum absolute atomic E-state index is 14.3. The number of hydrogen-bond donors (Lipinski definition) is 2. The zero-order chi connectivity index (χ0) is 44.0. The normalized spacial score (nSPS) is 14.5. The fourth-order valence-corrected chi connectivity index (χ4v) is 7.03. The van der Waals surface area contributed by atoms with Crippen LogP contribution in [0.2, 0.25) is 0 Å². The molecule has 4 atom stereocenters. The van der Waals surface area contributed by atoms with Gasteiger partial charge in [-0.3, -0.25) is 28.8 Å². The SMILES string of the molecule is CC(C)[C@H](CC(=O)[C@@H](NC(=O)[C@@H](CC(=O)OCc1ccccc1)CC(=O)OC(C)(C)C)c1ccccc1)C(=O)N[C@H](/C=C(\Cl)S(=O)(=O)C(C)C)CC(=O)OC(C)(C)C. The Balaban J connectivity index is 2.43. The number of ether oxygens (including phenoxy) is 3. The molecule has 13 nitrogen and oxygen atoms in total. The first-order valence-electron chi connectivity index (χ1n) is 19.2. The number of esters is 3. The van der Waals surface area contributed by atoms with E-state index >= 15 is 0 Å². The fraction of sp³-hybridized carbons (Fsp3) is 0.535. The first-order chi connectivity index (χ1) is 26.8. The van der Waals surface area contributed by atoms with Gasteiger partial charge < -0.3 is 24.8 Å². The van der Waals surface area contributed by atoms with Crippen molar-refractivity contribution in [2.45, 2.75) is 130 Å². The summed E-state index contributed by atoms with van der Waals surface area (Å²) in [5.74, 6) is -7.03. The lowest BCUT2D eigenvalue weighted by Gasteiger charge is -2.27. The van der Waals surface area contributed by atoms with Gasteiger partial charge in [0.25, 0.3) is 0 Å². The van der Waals surface area contributed by atoms with Gasteiger partial charge >= 0.3 is 17.9 Å². The molecule has 2 aromatic rings. The Labute approximate surface area is 347 Å². The van der Waals surface area contributed by atoms with E-state index in [4.69, 9.17) is 25.8 Å². The molecule has 2 amide bonds. The molecule has 58 heavy (non-hydrogen) atoms. The van der Waals surface area contributed by atoms with E-state index in [2.05, 4.69) is 10.6 Å². The smallest absolute Gasteiger partial charge is 0.308 e. The molecule has 2 N–H and O–H groups in total. The van der Waals surface area contributed by atoms with Gasteiger partial charge in [0.05, 0.1) is 36.5 Å². The summed E-state index contributed by atoms with van der Waals surface area (Å²) in [6.07, 6.45) is -0.772. The Morgan fingerprint density at radius 3 is 1.69 bits per heavy atom. The van der Waals surface area contributed by atoms with E-state index in [1.165, 1.54) is 13.8 Å². The molecule has 320 valence electrons. The van der Waals surface area contributed by atoms with Crippen LogP contribution in [0.4, 0.5) is 0 Å². The summed E-state index contributed by atoms with van der Waals surface area (Å²) < 4.78 is 41.3. The van der Waals surface area contributed by atoms with Crippen molar-refractivity contribution in [3.05, 3.63) is 82.2 Å². The van der Waals surface area contributed by atoms with Crippen LogP contribution in [0.1, 0.15) is 112 Å². The highest BCUT2D eigenvalue weighted by molar-refractivity contribution is 7.97. The molecule has 0 bridgehead atoms. The van der Waals surface area contributed by atoms with E-state index in [9.17, 15) is 37.2 Å². The van der Waals surface area contributed by atoms with Crippen LogP contribution < -0.4 is 10.6 Å². The molecule has 0 saturated heterocycles. The minimum absolute atomic E-state index is 0.0571. The zero-order valence-corrected chi connectivity index (χ0v) is 36.7. The quantitative estimate of drug-likeness (QED) is 0.107. The number of amides is 2. The monoisotopic (exact) mass is 846 g/mol. The van der Waals surface area contributed by atoms with E-state index in [-0.39, 0.29) is 6.61 Å². The van der Waals surface area contributed by atoms with Crippen molar-refractivity contribution in [1.29, 1.82) is 0 Å². The van der Waals surface area contributed by atoms with Crippen molar-refractivity contribution in [2.75, 3.05) is 0 Å². The number of sulfone groups is 1. The van der Waals surface area contributed by atoms with Crippen LogP contribution in [-0.2, 0) is 59.4 Å². The van der Waals surface area contributed by atoms with Crippen LogP contribution in [0.15, 0.2) is 71.1 Å². The second-order valence-electron chi connectivity index (χ2n) is 16.7. The third kappa shape index (κ3) is 17.5. The average molecular weight is 847 g/mol. The predicted octanol–water partition coefficient (Wildman–Crippen LogP) is 6.68. The number of nitrogens with one attached hydrogen (secondary N) is 2. The number of rotatable bonds is 20. The van der Waals surface area contributed by atoms with E-state index in [1.54, 1.807) is 110 Å². The molecular formula is C43H59ClN2O11S. The zero-order valence-electron chi connectivity index (χ0n) is 35.1. The summed E-state index contributed by atoms with van der Waals surface area (Å²) in [7, 11) is -3.96. The van der Waals surface area contributed by atoms with Crippen molar-refractivity contribution >= 4 is 56.9 Å². The van der Waals surface area contributed by atoms with Crippen molar-refractivity contribution < 1.29 is 51.4 Å². The number of hydrogen-bond acceptors (Lipinski definition) is 11. The summed E-state index contributed by atoms with van der Waals surface area (Å²) >= 11 is 6.23. The summed E-state index contributed by atoms with van der Waals surface area (Å²) in [6.45, 7) is 16.2. The molecule has 0 spiro atoms. The Hall–Kier alpha value is -4.56. The van der Waals surface area contributed by atoms with Crippen LogP contribution in [0.3, 0.4) is 0 Å². The molecule has 0 aliphatic heterocycles. The molecule has 15 heteroatoms. The van der Waals surface area contributed by atoms with Gasteiger partial charge in [0, 0.05) is 12.3 Å². The Kier molecular flexibility index (Phi) is 18.8. The highest BCUT2D eigenvalue weighted by Gasteiger charge is 2.35. The van der Waals surface area contributed by atoms with Gasteiger partial charge in [0.1, 0.15) is 28.2 Å². The van der Waals surface area contributed by atoms with Crippen molar-refractivity contribution in [2.24, 2.45) is 17.8 Å². The van der Waals surface area contributed by atoms with Crippen LogP contribution in [0, 0.1) is 17.8 Å². The summed E-state index contributed by atoms with van der Waals surface area (Å²) in [4.78, 5) is 81.0. The molecule has 0 aliphatic carbocycles. The molecule has 0 unspecified atom stereocenters. The number of Topliss-reactive ketones (excluding diaryl/α,β-unsaturated/α-hetero) is 1. The molecule has 0 aliphatic rings. The predicted molar refractivity (Wildman–Crippen MR) is 220 cm³/mol. The number of benzene rings is 2. The van der Waals surface area contributed by atoms with Crippen molar-refractivity contribution in [1.82, 2.24) is 10.6 Å². The maximum atomic E-state index is 14.3. The highest BCUT2D eigenvalue weighted by Crippen LogP contribution is 2.26. The summed E-state index contributed by atoms with van der Waals surface area (Å²) in [5, 5.41) is 4.51. The first kappa shape index (κ1) is 49.6. The highest BCUT2D eigenvalue weighted by atomic mass is 35.5. The molecule has 0 saturated carbocycles. The Morgan fingerprint density at radius 2 is 1.19 bits per heavy atom. The van der Waals surface area contributed by atoms with Gasteiger partial charge in [0.2, 0.25) is 11.8 Å². The average Bonchev–Trinajstić information content (AvgIpc) is 3.10. The Morgan fingerprint density at radius 1 is 0.690 bits per heavy atom. The molecule has 0 aromatic heterocycles. The van der Waals surface area contributed by atoms with Gasteiger partial charge in [-0.05, 0) is 78.5 Å². The number of ketones is 1. The molecule has 2 aromatic carbocycles. The third-order valence-electron chi connectivity index (χ3n) is 8.52. The maximum Gasteiger partial charge on any atom is 0.308 e. The standard InChI is InChI=1S/C43H59ClN2O11S/c1-27(2)33(41(52)45-32(24-38(50)57-43(8,9)10)23-35(44)58(53,54)28(3)4)25-34(47)39(30-19-15-12-16-20-30)46-40(51)31(22-37(49)56-42(5,6)7)21-36(48)55-26-29-17-13-11-14-18-29/h11-20,23,27-28,31-33,39H,21-22,24-26H2,1-10H3,(H,45,52)(H,46,51)/b35-23+/t31-,32+,33-,39-/m0/s1. The van der Waals surface area contributed by atoms with Gasteiger partial charge in [-0.25, -0.2) is 8.42 Å². The topological polar surface area (TPSA) is 188 Å². The number of carbonyl (C=O) groups is 6. The lowest BCUT2D eigenvalue weighted by atomic mass is 9.86.